The maximum atomic E-state index is 12.1. The number of nitrogens with zero attached hydrogens (tertiary/aromatic N) is 1. The SMILES string of the molecule is CC1=C(/C=C/C(=O)N2CCC(N)C2)C(C)(C)CCC1.Cl. The van der Waals surface area contributed by atoms with Gasteiger partial charge in [-0.05, 0) is 43.6 Å². The summed E-state index contributed by atoms with van der Waals surface area (Å²) in [5, 5.41) is 0. The molecule has 3 nitrogen and oxygen atoms in total. The van der Waals surface area contributed by atoms with E-state index in [2.05, 4.69) is 20.8 Å². The summed E-state index contributed by atoms with van der Waals surface area (Å²) in [6, 6.07) is 0.157. The van der Waals surface area contributed by atoms with Crippen molar-refractivity contribution in [1.29, 1.82) is 0 Å². The lowest BCUT2D eigenvalue weighted by Crippen LogP contribution is -2.30. The molecule has 1 aliphatic carbocycles. The van der Waals surface area contributed by atoms with Crippen LogP contribution in [-0.2, 0) is 4.79 Å². The third-order valence-electron chi connectivity index (χ3n) is 4.47. The van der Waals surface area contributed by atoms with Crippen molar-refractivity contribution in [3.8, 4) is 0 Å². The van der Waals surface area contributed by atoms with Gasteiger partial charge >= 0.3 is 0 Å². The van der Waals surface area contributed by atoms with E-state index >= 15 is 0 Å². The van der Waals surface area contributed by atoms with Gasteiger partial charge in [-0.25, -0.2) is 0 Å². The third kappa shape index (κ3) is 3.86. The molecule has 114 valence electrons. The molecular weight excluding hydrogens is 272 g/mol. The number of carbonyl (C=O) groups is 1. The summed E-state index contributed by atoms with van der Waals surface area (Å²) < 4.78 is 0. The third-order valence-corrected chi connectivity index (χ3v) is 4.47. The lowest BCUT2D eigenvalue weighted by molar-refractivity contribution is -0.125. The molecule has 20 heavy (non-hydrogen) atoms. The second-order valence-corrected chi connectivity index (χ2v) is 6.60. The second kappa shape index (κ2) is 6.77. The van der Waals surface area contributed by atoms with Gasteiger partial charge < -0.3 is 10.6 Å². The van der Waals surface area contributed by atoms with Crippen LogP contribution in [0.3, 0.4) is 0 Å². The number of allylic oxidation sites excluding steroid dienone is 3. The van der Waals surface area contributed by atoms with Gasteiger partial charge in [0.1, 0.15) is 0 Å². The van der Waals surface area contributed by atoms with E-state index < -0.39 is 0 Å². The number of hydrogen-bond acceptors (Lipinski definition) is 2. The average molecular weight is 299 g/mol. The number of rotatable bonds is 2. The molecule has 0 spiro atoms. The summed E-state index contributed by atoms with van der Waals surface area (Å²) in [5.41, 5.74) is 8.81. The van der Waals surface area contributed by atoms with Gasteiger partial charge in [0.05, 0.1) is 0 Å². The van der Waals surface area contributed by atoms with Crippen molar-refractivity contribution in [3.05, 3.63) is 23.3 Å². The summed E-state index contributed by atoms with van der Waals surface area (Å²) in [6.45, 7) is 8.23. The van der Waals surface area contributed by atoms with E-state index in [9.17, 15) is 4.79 Å². The van der Waals surface area contributed by atoms with Gasteiger partial charge in [0, 0.05) is 25.2 Å². The van der Waals surface area contributed by atoms with E-state index in [-0.39, 0.29) is 29.8 Å². The zero-order chi connectivity index (χ0) is 14.0. The van der Waals surface area contributed by atoms with Crippen molar-refractivity contribution < 1.29 is 4.79 Å². The van der Waals surface area contributed by atoms with Crippen LogP contribution in [0, 0.1) is 5.41 Å². The van der Waals surface area contributed by atoms with Crippen LogP contribution in [0.2, 0.25) is 0 Å². The number of hydrogen-bond donors (Lipinski definition) is 1. The molecule has 0 bridgehead atoms. The second-order valence-electron chi connectivity index (χ2n) is 6.60. The van der Waals surface area contributed by atoms with Crippen molar-refractivity contribution >= 4 is 18.3 Å². The van der Waals surface area contributed by atoms with Gasteiger partial charge in [-0.1, -0.05) is 25.5 Å². The van der Waals surface area contributed by atoms with Gasteiger partial charge in [-0.3, -0.25) is 4.79 Å². The average Bonchev–Trinajstić information content (AvgIpc) is 2.74. The van der Waals surface area contributed by atoms with Crippen LogP contribution >= 0.6 is 12.4 Å². The smallest absolute Gasteiger partial charge is 0.246 e. The number of nitrogens with two attached hydrogens (primary N) is 1. The molecule has 4 heteroatoms. The van der Waals surface area contributed by atoms with Gasteiger partial charge in [-0.15, -0.1) is 12.4 Å². The van der Waals surface area contributed by atoms with Crippen molar-refractivity contribution in [1.82, 2.24) is 4.90 Å². The van der Waals surface area contributed by atoms with Crippen molar-refractivity contribution in [3.63, 3.8) is 0 Å². The normalized spacial score (nSPS) is 26.0. The molecule has 0 aromatic heterocycles. The summed E-state index contributed by atoms with van der Waals surface area (Å²) in [5.74, 6) is 0.106. The topological polar surface area (TPSA) is 46.3 Å². The van der Waals surface area contributed by atoms with Crippen LogP contribution in [0.4, 0.5) is 0 Å². The van der Waals surface area contributed by atoms with Crippen LogP contribution in [0.1, 0.15) is 46.5 Å². The molecule has 0 radical (unpaired) electrons. The van der Waals surface area contributed by atoms with Crippen LogP contribution < -0.4 is 5.73 Å². The summed E-state index contributed by atoms with van der Waals surface area (Å²) >= 11 is 0. The van der Waals surface area contributed by atoms with Gasteiger partial charge in [-0.2, -0.15) is 0 Å². The molecular formula is C16H27ClN2O. The number of amides is 1. The Morgan fingerprint density at radius 2 is 2.15 bits per heavy atom. The minimum absolute atomic E-state index is 0. The van der Waals surface area contributed by atoms with Crippen molar-refractivity contribution in [2.75, 3.05) is 13.1 Å². The number of likely N-dealkylation sites (tertiary alicyclic amines) is 1. The zero-order valence-corrected chi connectivity index (χ0v) is 13.6. The molecule has 1 heterocycles. The van der Waals surface area contributed by atoms with Gasteiger partial charge in [0.15, 0.2) is 0 Å². The standard InChI is InChI=1S/C16H26N2O.ClH/c1-12-5-4-9-16(2,3)14(12)6-7-15(19)18-10-8-13(17)11-18;/h6-7,13H,4-5,8-11,17H2,1-3H3;1H/b7-6+;. The highest BCUT2D eigenvalue weighted by molar-refractivity contribution is 5.88. The first-order valence-corrected chi connectivity index (χ1v) is 7.33. The Balaban J connectivity index is 0.00000200. The monoisotopic (exact) mass is 298 g/mol. The minimum atomic E-state index is 0. The summed E-state index contributed by atoms with van der Waals surface area (Å²) in [6.07, 6.45) is 8.32. The first kappa shape index (κ1) is 17.3. The van der Waals surface area contributed by atoms with Crippen LogP contribution in [0.15, 0.2) is 23.3 Å². The molecule has 1 fully saturated rings. The fourth-order valence-electron chi connectivity index (χ4n) is 3.26. The molecule has 1 atom stereocenters. The molecule has 0 aromatic carbocycles. The summed E-state index contributed by atoms with van der Waals surface area (Å²) in [4.78, 5) is 14.0. The number of halogens is 1. The molecule has 2 aliphatic rings. The lowest BCUT2D eigenvalue weighted by Gasteiger charge is -2.33. The molecule has 1 unspecified atom stereocenters. The van der Waals surface area contributed by atoms with E-state index in [1.165, 1.54) is 24.0 Å². The molecule has 1 amide bonds. The Morgan fingerprint density at radius 1 is 1.45 bits per heavy atom. The largest absolute Gasteiger partial charge is 0.338 e. The Bertz CT molecular complexity index is 426. The Labute approximate surface area is 128 Å². The van der Waals surface area contributed by atoms with Gasteiger partial charge in [0.2, 0.25) is 5.91 Å². The predicted molar refractivity (Wildman–Crippen MR) is 85.9 cm³/mol. The fourth-order valence-corrected chi connectivity index (χ4v) is 3.26. The quantitative estimate of drug-likeness (QED) is 0.797. The molecule has 1 aliphatic heterocycles. The van der Waals surface area contributed by atoms with Crippen molar-refractivity contribution in [2.24, 2.45) is 11.1 Å². The van der Waals surface area contributed by atoms with Crippen LogP contribution in [0.5, 0.6) is 0 Å². The molecule has 0 saturated carbocycles. The lowest BCUT2D eigenvalue weighted by atomic mass is 9.72. The Kier molecular flexibility index (Phi) is 5.84. The Morgan fingerprint density at radius 3 is 2.70 bits per heavy atom. The van der Waals surface area contributed by atoms with E-state index in [1.807, 2.05) is 11.0 Å². The maximum Gasteiger partial charge on any atom is 0.246 e. The van der Waals surface area contributed by atoms with E-state index in [4.69, 9.17) is 5.73 Å². The van der Waals surface area contributed by atoms with E-state index in [0.717, 1.165) is 19.4 Å². The molecule has 2 N–H and O–H groups in total. The van der Waals surface area contributed by atoms with Crippen molar-refractivity contribution in [2.45, 2.75) is 52.5 Å². The predicted octanol–water partition coefficient (Wildman–Crippen LogP) is 3.05. The van der Waals surface area contributed by atoms with Crippen LogP contribution in [0.25, 0.3) is 0 Å². The highest BCUT2D eigenvalue weighted by Gasteiger charge is 2.27. The van der Waals surface area contributed by atoms with E-state index in [0.29, 0.717) is 6.54 Å². The molecule has 2 rings (SSSR count). The highest BCUT2D eigenvalue weighted by atomic mass is 35.5. The summed E-state index contributed by atoms with van der Waals surface area (Å²) in [7, 11) is 0. The zero-order valence-electron chi connectivity index (χ0n) is 12.8. The van der Waals surface area contributed by atoms with E-state index in [1.54, 1.807) is 6.08 Å². The Hall–Kier alpha value is -0.800. The minimum Gasteiger partial charge on any atom is -0.338 e. The molecule has 1 saturated heterocycles. The maximum absolute atomic E-state index is 12.1. The van der Waals surface area contributed by atoms with Crippen LogP contribution in [-0.4, -0.2) is 29.9 Å². The molecule has 0 aromatic rings. The highest BCUT2D eigenvalue weighted by Crippen LogP contribution is 2.40. The fraction of sp³-hybridized carbons (Fsp3) is 0.688. The first-order valence-electron chi connectivity index (χ1n) is 7.33. The first-order chi connectivity index (χ1) is 8.90. The number of carbonyl (C=O) groups excluding carboxylic acids is 1. The van der Waals surface area contributed by atoms with Gasteiger partial charge in [0.25, 0.3) is 0 Å².